The van der Waals surface area contributed by atoms with Crippen LogP contribution in [0.25, 0.3) is 0 Å². The van der Waals surface area contributed by atoms with E-state index >= 15 is 0 Å². The number of nitrogens with zero attached hydrogens (tertiary/aromatic N) is 2. The Balaban J connectivity index is 1.95. The first kappa shape index (κ1) is 14.3. The van der Waals surface area contributed by atoms with Gasteiger partial charge in [0, 0.05) is 25.5 Å². The molecule has 1 aromatic rings. The number of hydrogen-bond donors (Lipinski definition) is 2. The zero-order chi connectivity index (χ0) is 14.7. The van der Waals surface area contributed by atoms with E-state index in [-0.39, 0.29) is 24.5 Å². The van der Waals surface area contributed by atoms with Crippen LogP contribution in [0, 0.1) is 11.8 Å². The van der Waals surface area contributed by atoms with Crippen LogP contribution in [0.3, 0.4) is 0 Å². The summed E-state index contributed by atoms with van der Waals surface area (Å²) in [5, 5.41) is 11.9. The zero-order valence-corrected chi connectivity index (χ0v) is 11.6. The van der Waals surface area contributed by atoms with Crippen molar-refractivity contribution >= 4 is 12.0 Å². The van der Waals surface area contributed by atoms with Crippen LogP contribution in [-0.4, -0.2) is 40.1 Å². The van der Waals surface area contributed by atoms with Crippen LogP contribution in [0.15, 0.2) is 24.5 Å². The van der Waals surface area contributed by atoms with Gasteiger partial charge < -0.3 is 15.3 Å². The van der Waals surface area contributed by atoms with E-state index in [4.69, 9.17) is 5.11 Å². The van der Waals surface area contributed by atoms with Gasteiger partial charge in [-0.05, 0) is 24.5 Å². The summed E-state index contributed by atoms with van der Waals surface area (Å²) in [5.41, 5.74) is 0.919. The standard InChI is InChI=1S/C14H19N3O3/c1-9-7-17(8-12(9)13(18)19)14(20)16-10(2)11-4-3-5-15-6-11/h3-6,9-10,12H,7-8H2,1-2H3,(H,16,20)(H,18,19)/t9-,10?,12-/m1/s1. The molecule has 2 heterocycles. The lowest BCUT2D eigenvalue weighted by atomic mass is 9.99. The highest BCUT2D eigenvalue weighted by Gasteiger charge is 2.37. The molecule has 3 atom stereocenters. The molecule has 6 heteroatoms. The van der Waals surface area contributed by atoms with Gasteiger partial charge in [0.05, 0.1) is 12.0 Å². The fourth-order valence-electron chi connectivity index (χ4n) is 2.45. The molecular formula is C14H19N3O3. The number of carbonyl (C=O) groups excluding carboxylic acids is 1. The number of urea groups is 1. The summed E-state index contributed by atoms with van der Waals surface area (Å²) in [6.07, 6.45) is 3.38. The number of likely N-dealkylation sites (tertiary alicyclic amines) is 1. The van der Waals surface area contributed by atoms with Crippen molar-refractivity contribution in [3.05, 3.63) is 30.1 Å². The summed E-state index contributed by atoms with van der Waals surface area (Å²) in [7, 11) is 0. The highest BCUT2D eigenvalue weighted by Crippen LogP contribution is 2.23. The molecule has 1 aromatic heterocycles. The van der Waals surface area contributed by atoms with Gasteiger partial charge in [0.2, 0.25) is 0 Å². The third-order valence-corrected chi connectivity index (χ3v) is 3.74. The fraction of sp³-hybridized carbons (Fsp3) is 0.500. The van der Waals surface area contributed by atoms with Gasteiger partial charge in [-0.25, -0.2) is 4.79 Å². The summed E-state index contributed by atoms with van der Waals surface area (Å²) in [5.74, 6) is -1.34. The van der Waals surface area contributed by atoms with Crippen molar-refractivity contribution in [3.8, 4) is 0 Å². The number of carboxylic acid groups (broad SMARTS) is 1. The number of aromatic nitrogens is 1. The van der Waals surface area contributed by atoms with Crippen LogP contribution >= 0.6 is 0 Å². The maximum atomic E-state index is 12.1. The Hall–Kier alpha value is -2.11. The molecule has 1 saturated heterocycles. The third-order valence-electron chi connectivity index (χ3n) is 3.74. The molecule has 0 radical (unpaired) electrons. The summed E-state index contributed by atoms with van der Waals surface area (Å²) >= 11 is 0. The van der Waals surface area contributed by atoms with E-state index in [1.165, 1.54) is 0 Å². The molecule has 108 valence electrons. The van der Waals surface area contributed by atoms with Gasteiger partial charge in [-0.3, -0.25) is 9.78 Å². The molecular weight excluding hydrogens is 258 g/mol. The minimum absolute atomic E-state index is 0.0213. The second-order valence-electron chi connectivity index (χ2n) is 5.28. The molecule has 1 fully saturated rings. The second kappa shape index (κ2) is 5.90. The molecule has 0 saturated carbocycles. The lowest BCUT2D eigenvalue weighted by molar-refractivity contribution is -0.142. The fourth-order valence-corrected chi connectivity index (χ4v) is 2.45. The van der Waals surface area contributed by atoms with Gasteiger partial charge in [0.15, 0.2) is 0 Å². The van der Waals surface area contributed by atoms with Crippen LogP contribution in [0.5, 0.6) is 0 Å². The van der Waals surface area contributed by atoms with Gasteiger partial charge >= 0.3 is 12.0 Å². The molecule has 1 aliphatic heterocycles. The van der Waals surface area contributed by atoms with Crippen molar-refractivity contribution in [2.24, 2.45) is 11.8 Å². The largest absolute Gasteiger partial charge is 0.481 e. The predicted octanol–water partition coefficient (Wildman–Crippen LogP) is 1.50. The van der Waals surface area contributed by atoms with Crippen LogP contribution in [0.1, 0.15) is 25.5 Å². The molecule has 1 aliphatic rings. The molecule has 1 unspecified atom stereocenters. The van der Waals surface area contributed by atoms with Crippen molar-refractivity contribution in [2.75, 3.05) is 13.1 Å². The normalized spacial score (nSPS) is 23.4. The summed E-state index contributed by atoms with van der Waals surface area (Å²) in [4.78, 5) is 28.8. The summed E-state index contributed by atoms with van der Waals surface area (Å²) < 4.78 is 0. The first-order valence-electron chi connectivity index (χ1n) is 6.67. The monoisotopic (exact) mass is 277 g/mol. The first-order chi connectivity index (χ1) is 9.49. The Labute approximate surface area is 117 Å². The second-order valence-corrected chi connectivity index (χ2v) is 5.28. The number of hydrogen-bond acceptors (Lipinski definition) is 3. The zero-order valence-electron chi connectivity index (χ0n) is 11.6. The summed E-state index contributed by atoms with van der Waals surface area (Å²) in [6.45, 7) is 4.48. The van der Waals surface area contributed by atoms with E-state index in [9.17, 15) is 9.59 Å². The van der Waals surface area contributed by atoms with Crippen LogP contribution in [0.2, 0.25) is 0 Å². The number of aliphatic carboxylic acids is 1. The highest BCUT2D eigenvalue weighted by atomic mass is 16.4. The van der Waals surface area contributed by atoms with Crippen LogP contribution < -0.4 is 5.32 Å². The van der Waals surface area contributed by atoms with Gasteiger partial charge in [-0.2, -0.15) is 0 Å². The number of pyridine rings is 1. The molecule has 2 amide bonds. The number of carboxylic acids is 1. The molecule has 20 heavy (non-hydrogen) atoms. The van der Waals surface area contributed by atoms with Gasteiger partial charge in [-0.1, -0.05) is 13.0 Å². The number of carbonyl (C=O) groups is 2. The molecule has 2 N–H and O–H groups in total. The smallest absolute Gasteiger partial charge is 0.317 e. The molecule has 0 bridgehead atoms. The maximum Gasteiger partial charge on any atom is 0.317 e. The van der Waals surface area contributed by atoms with E-state index in [2.05, 4.69) is 10.3 Å². The average Bonchev–Trinajstić information content (AvgIpc) is 2.82. The van der Waals surface area contributed by atoms with Crippen molar-refractivity contribution in [1.29, 1.82) is 0 Å². The summed E-state index contributed by atoms with van der Waals surface area (Å²) in [6, 6.07) is 3.33. The van der Waals surface area contributed by atoms with Crippen molar-refractivity contribution in [1.82, 2.24) is 15.2 Å². The number of rotatable bonds is 3. The van der Waals surface area contributed by atoms with Crippen LogP contribution in [-0.2, 0) is 4.79 Å². The van der Waals surface area contributed by atoms with E-state index in [0.29, 0.717) is 6.54 Å². The average molecular weight is 277 g/mol. The van der Waals surface area contributed by atoms with E-state index < -0.39 is 11.9 Å². The SMILES string of the molecule is CC(NC(=O)N1C[C@@H](C)[C@H](C(=O)O)C1)c1cccnc1. The topological polar surface area (TPSA) is 82.5 Å². The Morgan fingerprint density at radius 2 is 2.25 bits per heavy atom. The van der Waals surface area contributed by atoms with Gasteiger partial charge in [-0.15, -0.1) is 0 Å². The van der Waals surface area contributed by atoms with E-state index in [1.807, 2.05) is 26.0 Å². The predicted molar refractivity (Wildman–Crippen MR) is 73.0 cm³/mol. The Morgan fingerprint density at radius 3 is 2.80 bits per heavy atom. The first-order valence-corrected chi connectivity index (χ1v) is 6.67. The number of nitrogens with one attached hydrogen (secondary N) is 1. The van der Waals surface area contributed by atoms with Crippen molar-refractivity contribution in [3.63, 3.8) is 0 Å². The third kappa shape index (κ3) is 3.07. The molecule has 6 nitrogen and oxygen atoms in total. The Bertz CT molecular complexity index is 492. The maximum absolute atomic E-state index is 12.1. The molecule has 2 rings (SSSR count). The molecule has 0 aromatic carbocycles. The minimum Gasteiger partial charge on any atom is -0.481 e. The Kier molecular flexibility index (Phi) is 4.22. The molecule has 0 spiro atoms. The van der Waals surface area contributed by atoms with E-state index in [0.717, 1.165) is 5.56 Å². The quantitative estimate of drug-likeness (QED) is 0.877. The number of amides is 2. The lowest BCUT2D eigenvalue weighted by Gasteiger charge is -2.20. The van der Waals surface area contributed by atoms with Gasteiger partial charge in [0.25, 0.3) is 0 Å². The lowest BCUT2D eigenvalue weighted by Crippen LogP contribution is -2.40. The molecule has 0 aliphatic carbocycles. The Morgan fingerprint density at radius 1 is 1.50 bits per heavy atom. The van der Waals surface area contributed by atoms with Gasteiger partial charge in [0.1, 0.15) is 0 Å². The van der Waals surface area contributed by atoms with E-state index in [1.54, 1.807) is 17.3 Å². The highest BCUT2D eigenvalue weighted by molar-refractivity contribution is 5.78. The minimum atomic E-state index is -0.840. The van der Waals surface area contributed by atoms with Crippen LogP contribution in [0.4, 0.5) is 4.79 Å². The van der Waals surface area contributed by atoms with Crippen molar-refractivity contribution < 1.29 is 14.7 Å². The van der Waals surface area contributed by atoms with Crippen molar-refractivity contribution in [2.45, 2.75) is 19.9 Å².